The molecule has 1 saturated heterocycles. The normalized spacial score (nSPS) is 18.1. The van der Waals surface area contributed by atoms with Crippen LogP contribution in [0.3, 0.4) is 0 Å². The van der Waals surface area contributed by atoms with Crippen molar-refractivity contribution in [3.8, 4) is 11.5 Å². The monoisotopic (exact) mass is 425 g/mol. The van der Waals surface area contributed by atoms with Crippen LogP contribution in [0.15, 0.2) is 24.3 Å². The van der Waals surface area contributed by atoms with E-state index in [2.05, 4.69) is 0 Å². The molecule has 1 aliphatic rings. The molecule has 0 spiro atoms. The molecule has 1 N–H and O–H groups in total. The van der Waals surface area contributed by atoms with Crippen LogP contribution < -0.4 is 4.74 Å². The van der Waals surface area contributed by atoms with Gasteiger partial charge >= 0.3 is 5.97 Å². The molecule has 0 bridgehead atoms. The maximum Gasteiger partial charge on any atom is 0.331 e. The van der Waals surface area contributed by atoms with Crippen LogP contribution >= 0.6 is 0 Å². The molecular formula is C20H27NO7S. The molecule has 0 aromatic heterocycles. The molecule has 1 aromatic rings. The van der Waals surface area contributed by atoms with Gasteiger partial charge in [-0.05, 0) is 36.1 Å². The minimum atomic E-state index is -3.13. The minimum Gasteiger partial charge on any atom is -0.504 e. The molecule has 160 valence electrons. The summed E-state index contributed by atoms with van der Waals surface area (Å²) in [5, 5.41) is 9.57. The Morgan fingerprint density at radius 1 is 1.34 bits per heavy atom. The summed E-state index contributed by atoms with van der Waals surface area (Å²) >= 11 is 0. The summed E-state index contributed by atoms with van der Waals surface area (Å²) in [7, 11) is -1.71. The van der Waals surface area contributed by atoms with Crippen molar-refractivity contribution in [2.75, 3.05) is 31.8 Å². The predicted octanol–water partition coefficient (Wildman–Crippen LogP) is 1.63. The predicted molar refractivity (Wildman–Crippen MR) is 108 cm³/mol. The van der Waals surface area contributed by atoms with E-state index in [9.17, 15) is 23.1 Å². The zero-order valence-corrected chi connectivity index (χ0v) is 17.6. The lowest BCUT2D eigenvalue weighted by Gasteiger charge is -2.29. The summed E-state index contributed by atoms with van der Waals surface area (Å²) < 4.78 is 33.5. The van der Waals surface area contributed by atoms with E-state index in [1.165, 1.54) is 30.2 Å². The Morgan fingerprint density at radius 2 is 2.07 bits per heavy atom. The molecule has 1 aromatic carbocycles. The molecule has 8 nitrogen and oxygen atoms in total. The van der Waals surface area contributed by atoms with Gasteiger partial charge in [-0.1, -0.05) is 19.9 Å². The van der Waals surface area contributed by atoms with E-state index in [1.807, 2.05) is 13.8 Å². The molecule has 0 saturated carbocycles. The molecule has 0 radical (unpaired) electrons. The van der Waals surface area contributed by atoms with Gasteiger partial charge < -0.3 is 19.5 Å². The van der Waals surface area contributed by atoms with Crippen LogP contribution in [-0.2, 0) is 24.2 Å². The van der Waals surface area contributed by atoms with Gasteiger partial charge in [-0.15, -0.1) is 0 Å². The largest absolute Gasteiger partial charge is 0.504 e. The van der Waals surface area contributed by atoms with Crippen molar-refractivity contribution >= 4 is 27.8 Å². The number of phenolic OH excluding ortho intramolecular Hbond substituents is 1. The van der Waals surface area contributed by atoms with Gasteiger partial charge in [0.05, 0.1) is 18.6 Å². The first-order chi connectivity index (χ1) is 13.6. The zero-order valence-electron chi connectivity index (χ0n) is 16.8. The SMILES string of the molecule is COc1cc(/C=C/C(=O)OCC(=O)N(CC(C)C)C2CCS(=O)(=O)C2)ccc1O. The zero-order chi connectivity index (χ0) is 21.6. The fourth-order valence-corrected chi connectivity index (χ4v) is 4.83. The Kier molecular flexibility index (Phi) is 7.66. The van der Waals surface area contributed by atoms with E-state index in [4.69, 9.17) is 9.47 Å². The molecule has 1 amide bonds. The average molecular weight is 426 g/mol. The molecule has 29 heavy (non-hydrogen) atoms. The van der Waals surface area contributed by atoms with Gasteiger partial charge in [0.2, 0.25) is 0 Å². The summed E-state index contributed by atoms with van der Waals surface area (Å²) in [5.41, 5.74) is 0.612. The van der Waals surface area contributed by atoms with Gasteiger partial charge in [-0.25, -0.2) is 13.2 Å². The second kappa shape index (κ2) is 9.78. The number of amides is 1. The van der Waals surface area contributed by atoms with Crippen molar-refractivity contribution < 1.29 is 32.6 Å². The molecule has 1 unspecified atom stereocenters. The van der Waals surface area contributed by atoms with E-state index in [0.29, 0.717) is 18.5 Å². The Balaban J connectivity index is 1.95. The molecule has 1 heterocycles. The van der Waals surface area contributed by atoms with Gasteiger partial charge in [-0.3, -0.25) is 4.79 Å². The van der Waals surface area contributed by atoms with Crippen molar-refractivity contribution in [3.63, 3.8) is 0 Å². The molecule has 1 fully saturated rings. The second-order valence-corrected chi connectivity index (χ2v) is 9.60. The third-order valence-electron chi connectivity index (χ3n) is 4.48. The molecule has 1 aliphatic heterocycles. The van der Waals surface area contributed by atoms with E-state index in [1.54, 1.807) is 12.1 Å². The van der Waals surface area contributed by atoms with Gasteiger partial charge in [0, 0.05) is 18.7 Å². The lowest BCUT2D eigenvalue weighted by atomic mass is 10.1. The molecular weight excluding hydrogens is 398 g/mol. The summed E-state index contributed by atoms with van der Waals surface area (Å²) in [5.74, 6) is -0.686. The number of phenols is 1. The lowest BCUT2D eigenvalue weighted by molar-refractivity contribution is -0.149. The highest BCUT2D eigenvalue weighted by Gasteiger charge is 2.35. The lowest BCUT2D eigenvalue weighted by Crippen LogP contribution is -2.45. The van der Waals surface area contributed by atoms with Gasteiger partial charge in [0.15, 0.2) is 27.9 Å². The van der Waals surface area contributed by atoms with Crippen LogP contribution in [0.5, 0.6) is 11.5 Å². The summed E-state index contributed by atoms with van der Waals surface area (Å²) in [6.45, 7) is 3.82. The van der Waals surface area contributed by atoms with Crippen molar-refractivity contribution in [3.05, 3.63) is 29.8 Å². The summed E-state index contributed by atoms with van der Waals surface area (Å²) in [6.07, 6.45) is 3.05. The molecule has 2 rings (SSSR count). The van der Waals surface area contributed by atoms with Gasteiger partial charge in [0.25, 0.3) is 5.91 Å². The number of methoxy groups -OCH3 is 1. The number of benzene rings is 1. The number of carbonyl (C=O) groups excluding carboxylic acids is 2. The quantitative estimate of drug-likeness (QED) is 0.498. The Bertz CT molecular complexity index is 877. The fourth-order valence-electron chi connectivity index (χ4n) is 3.10. The molecule has 1 atom stereocenters. The minimum absolute atomic E-state index is 0.0167. The smallest absolute Gasteiger partial charge is 0.331 e. The van der Waals surface area contributed by atoms with E-state index < -0.39 is 28.3 Å². The number of aromatic hydroxyl groups is 1. The second-order valence-electron chi connectivity index (χ2n) is 7.37. The maximum absolute atomic E-state index is 12.6. The summed E-state index contributed by atoms with van der Waals surface area (Å²) in [4.78, 5) is 26.0. The molecule has 0 aliphatic carbocycles. The summed E-state index contributed by atoms with van der Waals surface area (Å²) in [6, 6.07) is 4.20. The Labute approximate surface area is 171 Å². The highest BCUT2D eigenvalue weighted by molar-refractivity contribution is 7.91. The van der Waals surface area contributed by atoms with Crippen LogP contribution in [-0.4, -0.2) is 68.1 Å². The average Bonchev–Trinajstić information content (AvgIpc) is 3.02. The van der Waals surface area contributed by atoms with Crippen LogP contribution in [0.2, 0.25) is 0 Å². The van der Waals surface area contributed by atoms with E-state index in [-0.39, 0.29) is 35.0 Å². The number of esters is 1. The third-order valence-corrected chi connectivity index (χ3v) is 6.24. The van der Waals surface area contributed by atoms with E-state index >= 15 is 0 Å². The highest BCUT2D eigenvalue weighted by atomic mass is 32.2. The number of ether oxygens (including phenoxy) is 2. The van der Waals surface area contributed by atoms with Crippen LogP contribution in [0.25, 0.3) is 6.08 Å². The first kappa shape index (κ1) is 22.7. The number of hydrogen-bond donors (Lipinski definition) is 1. The number of sulfone groups is 1. The van der Waals surface area contributed by atoms with Gasteiger partial charge in [0.1, 0.15) is 0 Å². The Hall–Kier alpha value is -2.55. The topological polar surface area (TPSA) is 110 Å². The van der Waals surface area contributed by atoms with E-state index in [0.717, 1.165) is 0 Å². The van der Waals surface area contributed by atoms with Crippen LogP contribution in [0.1, 0.15) is 25.8 Å². The van der Waals surface area contributed by atoms with Crippen molar-refractivity contribution in [2.45, 2.75) is 26.3 Å². The highest BCUT2D eigenvalue weighted by Crippen LogP contribution is 2.26. The van der Waals surface area contributed by atoms with Gasteiger partial charge in [-0.2, -0.15) is 0 Å². The number of rotatable bonds is 8. The number of carbonyl (C=O) groups is 2. The molecule has 9 heteroatoms. The number of hydrogen-bond acceptors (Lipinski definition) is 7. The number of nitrogens with zero attached hydrogens (tertiary/aromatic N) is 1. The third kappa shape index (κ3) is 6.77. The van der Waals surface area contributed by atoms with Crippen LogP contribution in [0, 0.1) is 5.92 Å². The van der Waals surface area contributed by atoms with Crippen molar-refractivity contribution in [1.29, 1.82) is 0 Å². The van der Waals surface area contributed by atoms with Crippen LogP contribution in [0.4, 0.5) is 0 Å². The van der Waals surface area contributed by atoms with Crippen molar-refractivity contribution in [2.24, 2.45) is 5.92 Å². The maximum atomic E-state index is 12.6. The Morgan fingerprint density at radius 3 is 2.66 bits per heavy atom. The first-order valence-electron chi connectivity index (χ1n) is 9.33. The van der Waals surface area contributed by atoms with Crippen molar-refractivity contribution in [1.82, 2.24) is 4.90 Å². The standard InChI is InChI=1S/C20H27NO7S/c1-14(2)11-21(16-8-9-29(25,26)13-16)19(23)12-28-20(24)7-5-15-4-6-17(22)18(10-15)27-3/h4-7,10,14,16,22H,8-9,11-13H2,1-3H3/b7-5+. The fraction of sp³-hybridized carbons (Fsp3) is 0.500. The first-order valence-corrected chi connectivity index (χ1v) is 11.1.